The van der Waals surface area contributed by atoms with Gasteiger partial charge < -0.3 is 10.4 Å². The third kappa shape index (κ3) is 12.4. The lowest BCUT2D eigenvalue weighted by Gasteiger charge is -2.09. The van der Waals surface area contributed by atoms with Crippen LogP contribution in [0.5, 0.6) is 0 Å². The summed E-state index contributed by atoms with van der Waals surface area (Å²) in [6.07, 6.45) is 8.63. The van der Waals surface area contributed by atoms with Crippen LogP contribution in [0, 0.1) is 6.92 Å². The molecule has 0 radical (unpaired) electrons. The molecule has 1 rings (SSSR count). The second kappa shape index (κ2) is 16.5. The molecule has 0 saturated heterocycles. The Labute approximate surface area is 165 Å². The van der Waals surface area contributed by atoms with Crippen molar-refractivity contribution in [1.29, 1.82) is 0 Å². The number of rotatable bonds is 14. The van der Waals surface area contributed by atoms with E-state index in [-0.39, 0.29) is 12.2 Å². The molecule has 1 aromatic carbocycles. The molecule has 0 aliphatic rings. The number of aliphatic carboxylic acids is 1. The van der Waals surface area contributed by atoms with E-state index in [1.807, 2.05) is 32.9 Å². The first kappa shape index (κ1) is 25.3. The van der Waals surface area contributed by atoms with Gasteiger partial charge in [-0.1, -0.05) is 71.1 Å². The molecule has 0 aliphatic heterocycles. The van der Waals surface area contributed by atoms with Crippen molar-refractivity contribution in [3.05, 3.63) is 34.9 Å². The predicted octanol–water partition coefficient (Wildman–Crippen LogP) is 5.91. The van der Waals surface area contributed by atoms with Crippen LogP contribution in [0.15, 0.2) is 18.2 Å². The molecule has 0 heterocycles. The first-order valence-electron chi connectivity index (χ1n) is 10.6. The number of carbonyl (C=O) groups is 2. The molecule has 0 saturated carbocycles. The number of nitrogens with one attached hydrogen (secondary N) is 1. The Kier molecular flexibility index (Phi) is 15.5. The van der Waals surface area contributed by atoms with Crippen LogP contribution in [0.2, 0.25) is 0 Å². The Balaban J connectivity index is 0.00000326. The molecule has 4 heteroatoms. The van der Waals surface area contributed by atoms with Gasteiger partial charge in [0.25, 0.3) is 0 Å². The second-order valence-electron chi connectivity index (χ2n) is 6.76. The Morgan fingerprint density at radius 3 is 2.26 bits per heavy atom. The monoisotopic (exact) mass is 377 g/mol. The predicted molar refractivity (Wildman–Crippen MR) is 113 cm³/mol. The van der Waals surface area contributed by atoms with Crippen LogP contribution in [-0.2, 0) is 11.3 Å². The van der Waals surface area contributed by atoms with Gasteiger partial charge in [-0.25, -0.2) is 0 Å². The normalized spacial score (nSPS) is 10.2. The lowest BCUT2D eigenvalue weighted by atomic mass is 9.98. The van der Waals surface area contributed by atoms with Gasteiger partial charge in [-0.15, -0.1) is 0 Å². The van der Waals surface area contributed by atoms with E-state index in [4.69, 9.17) is 5.11 Å². The van der Waals surface area contributed by atoms with Crippen LogP contribution in [0.3, 0.4) is 0 Å². The standard InChI is InChI=1S/C21H33NO3.C2H6/c1-3-4-5-6-7-8-10-20(23)19-13-12-18(15-17(19)2)16-22-14-9-11-21(24)25;1-2/h12-13,15,22H,3-11,14,16H2,1-2H3,(H,24,25);1-2H3. The molecule has 0 fully saturated rings. The third-order valence-corrected chi connectivity index (χ3v) is 4.42. The number of carbonyl (C=O) groups excluding carboxylic acids is 1. The molecule has 0 unspecified atom stereocenters. The maximum absolute atomic E-state index is 12.4. The van der Waals surface area contributed by atoms with Gasteiger partial charge in [-0.3, -0.25) is 9.59 Å². The fourth-order valence-electron chi connectivity index (χ4n) is 2.95. The molecule has 0 bridgehead atoms. The molecule has 0 atom stereocenters. The van der Waals surface area contributed by atoms with E-state index in [9.17, 15) is 9.59 Å². The summed E-state index contributed by atoms with van der Waals surface area (Å²) in [5, 5.41) is 11.8. The number of hydrogen-bond donors (Lipinski definition) is 2. The van der Waals surface area contributed by atoms with E-state index in [0.29, 0.717) is 25.9 Å². The van der Waals surface area contributed by atoms with Crippen molar-refractivity contribution in [2.75, 3.05) is 6.54 Å². The summed E-state index contributed by atoms with van der Waals surface area (Å²) in [6, 6.07) is 5.98. The number of carboxylic acid groups (broad SMARTS) is 1. The Hall–Kier alpha value is -1.68. The van der Waals surface area contributed by atoms with Gasteiger partial charge in [0.2, 0.25) is 0 Å². The van der Waals surface area contributed by atoms with Crippen molar-refractivity contribution in [2.45, 2.75) is 92.0 Å². The van der Waals surface area contributed by atoms with Gasteiger partial charge in [0.05, 0.1) is 0 Å². The van der Waals surface area contributed by atoms with Crippen LogP contribution in [0.4, 0.5) is 0 Å². The number of aryl methyl sites for hydroxylation is 1. The first-order chi connectivity index (χ1) is 13.0. The van der Waals surface area contributed by atoms with Crippen molar-refractivity contribution >= 4 is 11.8 Å². The summed E-state index contributed by atoms with van der Waals surface area (Å²) >= 11 is 0. The highest BCUT2D eigenvalue weighted by molar-refractivity contribution is 5.97. The number of ketones is 1. The maximum atomic E-state index is 12.4. The Morgan fingerprint density at radius 2 is 1.63 bits per heavy atom. The summed E-state index contributed by atoms with van der Waals surface area (Å²) in [7, 11) is 0. The van der Waals surface area contributed by atoms with Gasteiger partial charge in [-0.05, 0) is 37.4 Å². The fraction of sp³-hybridized carbons (Fsp3) is 0.652. The van der Waals surface area contributed by atoms with E-state index in [2.05, 4.69) is 18.3 Å². The van der Waals surface area contributed by atoms with Crippen molar-refractivity contribution < 1.29 is 14.7 Å². The van der Waals surface area contributed by atoms with Gasteiger partial charge >= 0.3 is 5.97 Å². The van der Waals surface area contributed by atoms with E-state index in [1.54, 1.807) is 0 Å². The van der Waals surface area contributed by atoms with Gasteiger partial charge in [-0.2, -0.15) is 0 Å². The zero-order valence-corrected chi connectivity index (χ0v) is 17.8. The highest BCUT2D eigenvalue weighted by Crippen LogP contribution is 2.16. The number of unbranched alkanes of at least 4 members (excludes halogenated alkanes) is 5. The van der Waals surface area contributed by atoms with Crippen LogP contribution in [0.25, 0.3) is 0 Å². The molecule has 4 nitrogen and oxygen atoms in total. The summed E-state index contributed by atoms with van der Waals surface area (Å²) in [5.41, 5.74) is 2.99. The Morgan fingerprint density at radius 1 is 0.963 bits per heavy atom. The van der Waals surface area contributed by atoms with Crippen molar-refractivity contribution in [1.82, 2.24) is 5.32 Å². The lowest BCUT2D eigenvalue weighted by molar-refractivity contribution is -0.137. The van der Waals surface area contributed by atoms with Gasteiger partial charge in [0.1, 0.15) is 0 Å². The summed E-state index contributed by atoms with van der Waals surface area (Å²) in [4.78, 5) is 22.8. The second-order valence-corrected chi connectivity index (χ2v) is 6.76. The average Bonchev–Trinajstić information content (AvgIpc) is 2.65. The highest BCUT2D eigenvalue weighted by atomic mass is 16.4. The molecule has 0 aliphatic carbocycles. The number of hydrogen-bond acceptors (Lipinski definition) is 3. The zero-order valence-electron chi connectivity index (χ0n) is 17.8. The summed E-state index contributed by atoms with van der Waals surface area (Å²) < 4.78 is 0. The molecule has 2 N–H and O–H groups in total. The number of benzene rings is 1. The summed E-state index contributed by atoms with van der Waals surface area (Å²) in [5.74, 6) is -0.514. The van der Waals surface area contributed by atoms with Crippen LogP contribution >= 0.6 is 0 Å². The fourth-order valence-corrected chi connectivity index (χ4v) is 2.95. The van der Waals surface area contributed by atoms with E-state index in [0.717, 1.165) is 29.5 Å². The van der Waals surface area contributed by atoms with E-state index >= 15 is 0 Å². The Bertz CT molecular complexity index is 540. The number of carboxylic acids is 1. The SMILES string of the molecule is CC.CCCCCCCCC(=O)c1ccc(CNCCCC(=O)O)cc1C. The molecular formula is C23H39NO3. The van der Waals surface area contributed by atoms with Crippen molar-refractivity contribution in [2.24, 2.45) is 0 Å². The van der Waals surface area contributed by atoms with Crippen LogP contribution in [-0.4, -0.2) is 23.4 Å². The minimum atomic E-state index is -0.758. The molecule has 0 amide bonds. The molecule has 0 spiro atoms. The molecule has 0 aromatic heterocycles. The minimum absolute atomic E-state index is 0.192. The lowest BCUT2D eigenvalue weighted by Crippen LogP contribution is -2.16. The maximum Gasteiger partial charge on any atom is 0.303 e. The smallest absolute Gasteiger partial charge is 0.303 e. The largest absolute Gasteiger partial charge is 0.481 e. The molecular weight excluding hydrogens is 338 g/mol. The van der Waals surface area contributed by atoms with E-state index < -0.39 is 5.97 Å². The molecule has 1 aromatic rings. The van der Waals surface area contributed by atoms with Gasteiger partial charge in [0, 0.05) is 24.9 Å². The topological polar surface area (TPSA) is 66.4 Å². The van der Waals surface area contributed by atoms with Crippen molar-refractivity contribution in [3.63, 3.8) is 0 Å². The van der Waals surface area contributed by atoms with Gasteiger partial charge in [0.15, 0.2) is 5.78 Å². The summed E-state index contributed by atoms with van der Waals surface area (Å²) in [6.45, 7) is 9.58. The molecule has 27 heavy (non-hydrogen) atoms. The quantitative estimate of drug-likeness (QED) is 0.312. The first-order valence-corrected chi connectivity index (χ1v) is 10.6. The van der Waals surface area contributed by atoms with Crippen LogP contribution < -0.4 is 5.32 Å². The number of Topliss-reactive ketones (excluding diaryl/α,β-unsaturated/α-hetero) is 1. The average molecular weight is 378 g/mol. The molecule has 154 valence electrons. The minimum Gasteiger partial charge on any atom is -0.481 e. The zero-order chi connectivity index (χ0) is 20.5. The van der Waals surface area contributed by atoms with Crippen molar-refractivity contribution in [3.8, 4) is 0 Å². The highest BCUT2D eigenvalue weighted by Gasteiger charge is 2.09. The van der Waals surface area contributed by atoms with E-state index in [1.165, 1.54) is 25.7 Å². The third-order valence-electron chi connectivity index (χ3n) is 4.42. The van der Waals surface area contributed by atoms with Crippen LogP contribution in [0.1, 0.15) is 100 Å².